The number of nitrogens with zero attached hydrogens (tertiary/aromatic N) is 1. The molecule has 1 heterocycles. The lowest BCUT2D eigenvalue weighted by atomic mass is 10.1. The van der Waals surface area contributed by atoms with Crippen LogP contribution in [0, 0.1) is 13.8 Å². The number of aryl methyl sites for hydroxylation is 3. The quantitative estimate of drug-likeness (QED) is 0.596. The fourth-order valence-corrected chi connectivity index (χ4v) is 2.00. The van der Waals surface area contributed by atoms with Crippen molar-refractivity contribution in [3.63, 3.8) is 0 Å². The molecule has 0 atom stereocenters. The molecule has 5 heteroatoms. The van der Waals surface area contributed by atoms with E-state index in [-0.39, 0.29) is 5.91 Å². The third-order valence-electron chi connectivity index (χ3n) is 3.42. The molecule has 0 aliphatic heterocycles. The summed E-state index contributed by atoms with van der Waals surface area (Å²) >= 11 is 0. The van der Waals surface area contributed by atoms with E-state index in [0.717, 1.165) is 23.4 Å². The van der Waals surface area contributed by atoms with E-state index in [0.29, 0.717) is 11.4 Å². The second-order valence-corrected chi connectivity index (χ2v) is 4.98. The van der Waals surface area contributed by atoms with Crippen molar-refractivity contribution in [1.29, 1.82) is 0 Å². The van der Waals surface area contributed by atoms with Crippen LogP contribution in [0.4, 0.5) is 11.5 Å². The molecule has 0 saturated carbocycles. The number of benzene rings is 1. The average Bonchev–Trinajstić information content (AvgIpc) is 2.50. The van der Waals surface area contributed by atoms with Gasteiger partial charge in [0.1, 0.15) is 5.82 Å². The summed E-state index contributed by atoms with van der Waals surface area (Å²) in [5.41, 5.74) is 6.95. The summed E-state index contributed by atoms with van der Waals surface area (Å²) in [7, 11) is 0. The Balaban J connectivity index is 2.25. The third kappa shape index (κ3) is 3.58. The van der Waals surface area contributed by atoms with Crippen molar-refractivity contribution < 1.29 is 4.79 Å². The summed E-state index contributed by atoms with van der Waals surface area (Å²) in [5.74, 6) is 5.70. The van der Waals surface area contributed by atoms with E-state index in [4.69, 9.17) is 5.84 Å². The number of hydrogen-bond donors (Lipinski definition) is 3. The minimum Gasteiger partial charge on any atom is -0.322 e. The molecule has 5 nitrogen and oxygen atoms in total. The molecular formula is C16H20N4O. The standard InChI is InChI=1S/C16H20N4O/c1-4-13-8-12(9-15(18-13)20-17)16(21)19-14-6-5-10(2)11(3)7-14/h5-9H,4,17H2,1-3H3,(H,18,20)(H,19,21). The molecule has 0 spiro atoms. The fourth-order valence-electron chi connectivity index (χ4n) is 2.00. The molecule has 0 saturated heterocycles. The summed E-state index contributed by atoms with van der Waals surface area (Å²) in [5, 5.41) is 2.89. The monoisotopic (exact) mass is 284 g/mol. The molecule has 2 aromatic rings. The van der Waals surface area contributed by atoms with Gasteiger partial charge in [0.2, 0.25) is 0 Å². The number of aromatic nitrogens is 1. The summed E-state index contributed by atoms with van der Waals surface area (Å²) < 4.78 is 0. The average molecular weight is 284 g/mol. The van der Waals surface area contributed by atoms with Crippen LogP contribution in [-0.2, 0) is 6.42 Å². The molecule has 1 aromatic carbocycles. The van der Waals surface area contributed by atoms with Gasteiger partial charge in [0, 0.05) is 16.9 Å². The third-order valence-corrected chi connectivity index (χ3v) is 3.42. The van der Waals surface area contributed by atoms with E-state index in [2.05, 4.69) is 15.7 Å². The van der Waals surface area contributed by atoms with Crippen LogP contribution in [0.1, 0.15) is 34.1 Å². The number of amides is 1. The number of carbonyl (C=O) groups is 1. The molecule has 0 radical (unpaired) electrons. The van der Waals surface area contributed by atoms with Crippen molar-refractivity contribution in [3.05, 3.63) is 52.7 Å². The molecule has 110 valence electrons. The first-order valence-corrected chi connectivity index (χ1v) is 6.89. The van der Waals surface area contributed by atoms with Gasteiger partial charge in [-0.25, -0.2) is 10.8 Å². The van der Waals surface area contributed by atoms with Crippen molar-refractivity contribution in [2.75, 3.05) is 10.7 Å². The Morgan fingerprint density at radius 3 is 2.57 bits per heavy atom. The summed E-state index contributed by atoms with van der Waals surface area (Å²) in [6.45, 7) is 6.03. The number of nitrogens with one attached hydrogen (secondary N) is 2. The molecule has 1 aromatic heterocycles. The Kier molecular flexibility index (Phi) is 4.55. The van der Waals surface area contributed by atoms with Gasteiger partial charge in [-0.2, -0.15) is 0 Å². The van der Waals surface area contributed by atoms with Crippen molar-refractivity contribution in [1.82, 2.24) is 4.98 Å². The molecule has 0 unspecified atom stereocenters. The van der Waals surface area contributed by atoms with E-state index >= 15 is 0 Å². The lowest BCUT2D eigenvalue weighted by Gasteiger charge is -2.10. The van der Waals surface area contributed by atoms with Crippen molar-refractivity contribution in [3.8, 4) is 0 Å². The van der Waals surface area contributed by atoms with Crippen molar-refractivity contribution >= 4 is 17.4 Å². The summed E-state index contributed by atoms with van der Waals surface area (Å²) in [4.78, 5) is 16.6. The van der Waals surface area contributed by atoms with E-state index in [1.165, 1.54) is 5.56 Å². The van der Waals surface area contributed by atoms with E-state index in [1.807, 2.05) is 39.0 Å². The zero-order valence-electron chi connectivity index (χ0n) is 12.5. The van der Waals surface area contributed by atoms with Crippen LogP contribution in [0.25, 0.3) is 0 Å². The number of hydrogen-bond acceptors (Lipinski definition) is 4. The zero-order valence-corrected chi connectivity index (χ0v) is 12.5. The van der Waals surface area contributed by atoms with E-state index in [1.54, 1.807) is 12.1 Å². The van der Waals surface area contributed by atoms with Crippen LogP contribution < -0.4 is 16.6 Å². The highest BCUT2D eigenvalue weighted by molar-refractivity contribution is 6.04. The lowest BCUT2D eigenvalue weighted by molar-refractivity contribution is 0.102. The van der Waals surface area contributed by atoms with Gasteiger partial charge in [0.25, 0.3) is 5.91 Å². The van der Waals surface area contributed by atoms with E-state index in [9.17, 15) is 4.79 Å². The normalized spacial score (nSPS) is 10.3. The molecule has 4 N–H and O–H groups in total. The maximum absolute atomic E-state index is 12.3. The molecule has 0 aliphatic rings. The number of nitrogens with two attached hydrogens (primary N) is 1. The van der Waals surface area contributed by atoms with Crippen LogP contribution in [0.3, 0.4) is 0 Å². The molecule has 21 heavy (non-hydrogen) atoms. The van der Waals surface area contributed by atoms with Gasteiger partial charge in [-0.3, -0.25) is 4.79 Å². The first kappa shape index (κ1) is 15.0. The molecule has 1 amide bonds. The smallest absolute Gasteiger partial charge is 0.255 e. The molecule has 0 aliphatic carbocycles. The van der Waals surface area contributed by atoms with Crippen LogP contribution >= 0.6 is 0 Å². The highest BCUT2D eigenvalue weighted by Gasteiger charge is 2.10. The highest BCUT2D eigenvalue weighted by Crippen LogP contribution is 2.16. The predicted molar refractivity (Wildman–Crippen MR) is 85.3 cm³/mol. The fraction of sp³-hybridized carbons (Fsp3) is 0.250. The first-order valence-electron chi connectivity index (χ1n) is 6.89. The number of anilines is 2. The second kappa shape index (κ2) is 6.37. The number of hydrazine groups is 1. The van der Waals surface area contributed by atoms with Gasteiger partial charge in [0.15, 0.2) is 0 Å². The zero-order chi connectivity index (χ0) is 15.4. The van der Waals surface area contributed by atoms with Gasteiger partial charge in [-0.1, -0.05) is 13.0 Å². The Hall–Kier alpha value is -2.40. The minimum atomic E-state index is -0.174. The number of carbonyl (C=O) groups excluding carboxylic acids is 1. The molecule has 0 fully saturated rings. The van der Waals surface area contributed by atoms with Gasteiger partial charge >= 0.3 is 0 Å². The summed E-state index contributed by atoms with van der Waals surface area (Å²) in [6, 6.07) is 9.25. The maximum Gasteiger partial charge on any atom is 0.255 e. The maximum atomic E-state index is 12.3. The summed E-state index contributed by atoms with van der Waals surface area (Å²) in [6.07, 6.45) is 0.736. The Morgan fingerprint density at radius 2 is 1.95 bits per heavy atom. The van der Waals surface area contributed by atoms with Crippen molar-refractivity contribution in [2.45, 2.75) is 27.2 Å². The second-order valence-electron chi connectivity index (χ2n) is 4.98. The molecule has 2 rings (SSSR count). The van der Waals surface area contributed by atoms with Gasteiger partial charge < -0.3 is 10.7 Å². The van der Waals surface area contributed by atoms with Crippen LogP contribution in [0.15, 0.2) is 30.3 Å². The predicted octanol–water partition coefficient (Wildman–Crippen LogP) is 2.80. The SMILES string of the molecule is CCc1cc(C(=O)Nc2ccc(C)c(C)c2)cc(NN)n1. The minimum absolute atomic E-state index is 0.174. The highest BCUT2D eigenvalue weighted by atomic mass is 16.1. The van der Waals surface area contributed by atoms with Gasteiger partial charge in [0.05, 0.1) is 0 Å². The first-order chi connectivity index (χ1) is 10.0. The number of nitrogen functional groups attached to an aromatic ring is 1. The Morgan fingerprint density at radius 1 is 1.19 bits per heavy atom. The van der Waals surface area contributed by atoms with Crippen LogP contribution in [0.5, 0.6) is 0 Å². The molecular weight excluding hydrogens is 264 g/mol. The lowest BCUT2D eigenvalue weighted by Crippen LogP contribution is -2.15. The van der Waals surface area contributed by atoms with Gasteiger partial charge in [-0.15, -0.1) is 0 Å². The van der Waals surface area contributed by atoms with Crippen LogP contribution in [-0.4, -0.2) is 10.9 Å². The number of rotatable bonds is 4. The topological polar surface area (TPSA) is 80.0 Å². The van der Waals surface area contributed by atoms with Crippen molar-refractivity contribution in [2.24, 2.45) is 5.84 Å². The number of pyridine rings is 1. The largest absolute Gasteiger partial charge is 0.322 e. The van der Waals surface area contributed by atoms with Gasteiger partial charge in [-0.05, 0) is 55.7 Å². The Bertz CT molecular complexity index is 645. The van der Waals surface area contributed by atoms with E-state index < -0.39 is 0 Å². The van der Waals surface area contributed by atoms with Crippen LogP contribution in [0.2, 0.25) is 0 Å². The molecule has 0 bridgehead atoms. The Labute approximate surface area is 124 Å².